The van der Waals surface area contributed by atoms with E-state index in [1.165, 1.54) is 0 Å². The van der Waals surface area contributed by atoms with Crippen molar-refractivity contribution in [3.63, 3.8) is 0 Å². The van der Waals surface area contributed by atoms with Gasteiger partial charge in [-0.25, -0.2) is 4.79 Å². The summed E-state index contributed by atoms with van der Waals surface area (Å²) in [6.45, 7) is 1.28. The zero-order valence-corrected chi connectivity index (χ0v) is 12.5. The van der Waals surface area contributed by atoms with Crippen molar-refractivity contribution in [1.29, 1.82) is 0 Å². The Balaban J connectivity index is 2.46. The molecule has 1 aromatic carbocycles. The van der Waals surface area contributed by atoms with E-state index in [0.29, 0.717) is 0 Å². The molecule has 20 heavy (non-hydrogen) atoms. The molecule has 3 amide bonds. The lowest BCUT2D eigenvalue weighted by molar-refractivity contribution is -0.129. The smallest absolute Gasteiger partial charge is 0.339 e. The van der Waals surface area contributed by atoms with Crippen LogP contribution in [0.1, 0.15) is 12.5 Å². The number of nitrogens with two attached hydrogens (primary N) is 1. The van der Waals surface area contributed by atoms with Crippen LogP contribution in [0.5, 0.6) is 0 Å². The van der Waals surface area contributed by atoms with Crippen LogP contribution in [-0.4, -0.2) is 34.8 Å². The van der Waals surface area contributed by atoms with Crippen LogP contribution in [0.25, 0.3) is 6.08 Å². The quantitative estimate of drug-likeness (QED) is 0.562. The van der Waals surface area contributed by atoms with Gasteiger partial charge in [0.25, 0.3) is 0 Å². The molecule has 1 atom stereocenters. The number of urea groups is 1. The molecule has 0 aliphatic carbocycles. The van der Waals surface area contributed by atoms with Gasteiger partial charge in [0.05, 0.1) is 0 Å². The first-order valence-electron chi connectivity index (χ1n) is 5.87. The van der Waals surface area contributed by atoms with Crippen molar-refractivity contribution in [1.82, 2.24) is 10.4 Å². The summed E-state index contributed by atoms with van der Waals surface area (Å²) < 4.78 is 0.991. The van der Waals surface area contributed by atoms with Gasteiger partial charge in [0.1, 0.15) is 6.54 Å². The van der Waals surface area contributed by atoms with E-state index < -0.39 is 18.5 Å². The summed E-state index contributed by atoms with van der Waals surface area (Å²) >= 11 is 3.35. The summed E-state index contributed by atoms with van der Waals surface area (Å²) in [5.41, 5.74) is 5.80. The molecule has 1 rings (SSSR count). The fourth-order valence-electron chi connectivity index (χ4n) is 1.39. The normalized spacial score (nSPS) is 12.2. The molecule has 0 saturated heterocycles. The van der Waals surface area contributed by atoms with Crippen molar-refractivity contribution in [3.05, 3.63) is 40.4 Å². The minimum absolute atomic E-state index is 0.153. The average Bonchev–Trinajstić information content (AvgIpc) is 2.37. The first kappa shape index (κ1) is 16.2. The Labute approximate surface area is 125 Å². The molecule has 4 N–H and O–H groups in total. The molecule has 0 aromatic heterocycles. The van der Waals surface area contributed by atoms with E-state index in [2.05, 4.69) is 21.2 Å². The number of rotatable bonds is 5. The number of hydroxylamine groups is 2. The van der Waals surface area contributed by atoms with Crippen LogP contribution in [0.15, 0.2) is 34.8 Å². The maximum Gasteiger partial charge on any atom is 0.339 e. The van der Waals surface area contributed by atoms with Gasteiger partial charge >= 0.3 is 6.03 Å². The van der Waals surface area contributed by atoms with E-state index in [0.717, 1.165) is 10.0 Å². The first-order chi connectivity index (χ1) is 9.38. The third-order valence-electron chi connectivity index (χ3n) is 2.38. The molecule has 1 aromatic rings. The molecule has 0 bridgehead atoms. The Hall–Kier alpha value is -1.86. The fourth-order valence-corrected chi connectivity index (χ4v) is 1.66. The van der Waals surface area contributed by atoms with E-state index in [1.807, 2.05) is 30.3 Å². The molecule has 0 radical (unpaired) electrons. The van der Waals surface area contributed by atoms with E-state index in [9.17, 15) is 9.59 Å². The van der Waals surface area contributed by atoms with Crippen LogP contribution in [0.4, 0.5) is 4.79 Å². The molecule has 0 heterocycles. The number of amides is 3. The molecule has 0 spiro atoms. The Morgan fingerprint density at radius 2 is 2.05 bits per heavy atom. The first-order valence-corrected chi connectivity index (χ1v) is 6.67. The molecule has 108 valence electrons. The lowest BCUT2D eigenvalue weighted by Gasteiger charge is -2.14. The van der Waals surface area contributed by atoms with Crippen LogP contribution in [0.2, 0.25) is 0 Å². The highest BCUT2D eigenvalue weighted by molar-refractivity contribution is 9.10. The van der Waals surface area contributed by atoms with Gasteiger partial charge in [0.15, 0.2) is 0 Å². The van der Waals surface area contributed by atoms with Crippen molar-refractivity contribution in [2.45, 2.75) is 13.0 Å². The Bertz CT molecular complexity index is 502. The van der Waals surface area contributed by atoms with Gasteiger partial charge in [-0.15, -0.1) is 0 Å². The van der Waals surface area contributed by atoms with Gasteiger partial charge in [-0.3, -0.25) is 10.0 Å². The molecule has 0 aliphatic rings. The van der Waals surface area contributed by atoms with Crippen LogP contribution < -0.4 is 11.1 Å². The molecule has 6 nitrogen and oxygen atoms in total. The van der Waals surface area contributed by atoms with Gasteiger partial charge < -0.3 is 11.1 Å². The number of nitrogens with zero attached hydrogens (tertiary/aromatic N) is 1. The molecule has 0 saturated carbocycles. The molecular weight excluding hydrogens is 326 g/mol. The predicted molar refractivity (Wildman–Crippen MR) is 78.9 cm³/mol. The molecular formula is C13H16BrN3O3. The second-order valence-electron chi connectivity index (χ2n) is 4.16. The summed E-state index contributed by atoms with van der Waals surface area (Å²) in [5.74, 6) is -0.501. The minimum Gasteiger partial charge on any atom is -0.350 e. The van der Waals surface area contributed by atoms with Gasteiger partial charge in [-0.2, -0.15) is 5.06 Å². The van der Waals surface area contributed by atoms with Crippen molar-refractivity contribution in [3.8, 4) is 0 Å². The average molecular weight is 342 g/mol. The highest BCUT2D eigenvalue weighted by Crippen LogP contribution is 2.11. The second kappa shape index (κ2) is 7.66. The van der Waals surface area contributed by atoms with Crippen molar-refractivity contribution in [2.24, 2.45) is 5.73 Å². The predicted octanol–water partition coefficient (Wildman–Crippen LogP) is 1.74. The summed E-state index contributed by atoms with van der Waals surface area (Å²) in [4.78, 5) is 22.0. The maximum atomic E-state index is 11.5. The number of benzene rings is 1. The maximum absolute atomic E-state index is 11.5. The third kappa shape index (κ3) is 5.85. The summed E-state index contributed by atoms with van der Waals surface area (Å²) in [5, 5.41) is 11.8. The molecule has 1 unspecified atom stereocenters. The van der Waals surface area contributed by atoms with E-state index in [-0.39, 0.29) is 11.1 Å². The third-order valence-corrected chi connectivity index (χ3v) is 2.91. The summed E-state index contributed by atoms with van der Waals surface area (Å²) in [7, 11) is 0. The SMILES string of the molecule is CC(/C=C/c1ccc(Br)cc1)NC(=O)CN(O)C(N)=O. The Morgan fingerprint density at radius 1 is 1.45 bits per heavy atom. The number of hydrogen-bond acceptors (Lipinski definition) is 3. The zero-order chi connectivity index (χ0) is 15.1. The number of carbonyl (C=O) groups is 2. The monoisotopic (exact) mass is 341 g/mol. The van der Waals surface area contributed by atoms with Crippen LogP contribution in [0.3, 0.4) is 0 Å². The highest BCUT2D eigenvalue weighted by Gasteiger charge is 2.12. The molecule has 7 heteroatoms. The van der Waals surface area contributed by atoms with E-state index in [1.54, 1.807) is 13.0 Å². The molecule has 0 fully saturated rings. The van der Waals surface area contributed by atoms with Gasteiger partial charge in [-0.05, 0) is 24.6 Å². The summed E-state index contributed by atoms with van der Waals surface area (Å²) in [6, 6.07) is 6.37. The number of carbonyl (C=O) groups excluding carboxylic acids is 2. The van der Waals surface area contributed by atoms with Crippen molar-refractivity contribution >= 4 is 33.9 Å². The second-order valence-corrected chi connectivity index (χ2v) is 5.08. The van der Waals surface area contributed by atoms with Crippen LogP contribution >= 0.6 is 15.9 Å². The molecule has 0 aliphatic heterocycles. The topological polar surface area (TPSA) is 95.7 Å². The van der Waals surface area contributed by atoms with Crippen LogP contribution in [0, 0.1) is 0 Å². The van der Waals surface area contributed by atoms with Crippen molar-refractivity contribution < 1.29 is 14.8 Å². The highest BCUT2D eigenvalue weighted by atomic mass is 79.9. The van der Waals surface area contributed by atoms with Gasteiger partial charge in [-0.1, -0.05) is 40.2 Å². The summed E-state index contributed by atoms with van der Waals surface area (Å²) in [6.07, 6.45) is 3.66. The van der Waals surface area contributed by atoms with E-state index >= 15 is 0 Å². The Morgan fingerprint density at radius 3 is 2.60 bits per heavy atom. The van der Waals surface area contributed by atoms with Gasteiger partial charge in [0.2, 0.25) is 5.91 Å². The van der Waals surface area contributed by atoms with Crippen molar-refractivity contribution in [2.75, 3.05) is 6.54 Å². The largest absolute Gasteiger partial charge is 0.350 e. The lowest BCUT2D eigenvalue weighted by atomic mass is 10.2. The van der Waals surface area contributed by atoms with Gasteiger partial charge in [0, 0.05) is 10.5 Å². The number of primary amides is 1. The number of halogens is 1. The zero-order valence-electron chi connectivity index (χ0n) is 10.9. The van der Waals surface area contributed by atoms with E-state index in [4.69, 9.17) is 10.9 Å². The lowest BCUT2D eigenvalue weighted by Crippen LogP contribution is -2.43. The minimum atomic E-state index is -1.07. The van der Waals surface area contributed by atoms with Crippen LogP contribution in [-0.2, 0) is 4.79 Å². The fraction of sp³-hybridized carbons (Fsp3) is 0.231. The number of nitrogens with one attached hydrogen (secondary N) is 1. The standard InChI is InChI=1S/C13H16BrN3O3/c1-9(16-12(18)8-17(20)13(15)19)2-3-10-4-6-11(14)7-5-10/h2-7,9,20H,8H2,1H3,(H2,15,19)(H,16,18)/b3-2+. The number of hydrogen-bond donors (Lipinski definition) is 3. The Kier molecular flexibility index (Phi) is 6.20.